The number of nitrogens with one attached hydrogen (secondary N) is 1. The number of aliphatic hydroxyl groups is 1. The van der Waals surface area contributed by atoms with Crippen molar-refractivity contribution in [3.8, 4) is 0 Å². The van der Waals surface area contributed by atoms with Crippen molar-refractivity contribution in [3.63, 3.8) is 0 Å². The summed E-state index contributed by atoms with van der Waals surface area (Å²) in [6.07, 6.45) is 3.53. The minimum Gasteiger partial charge on any atom is -0.392 e. The number of aromatic amines is 1. The van der Waals surface area contributed by atoms with Crippen LogP contribution in [0.25, 0.3) is 11.2 Å². The lowest BCUT2D eigenvalue weighted by molar-refractivity contribution is 0.281. The Labute approximate surface area is 124 Å². The van der Waals surface area contributed by atoms with Gasteiger partial charge in [-0.15, -0.1) is 0 Å². The SMILES string of the molecule is Cc1nc2c([nH]c(=O)n2Cc2cnn(C)c2)c(Cl)c1CO. The van der Waals surface area contributed by atoms with E-state index in [4.69, 9.17) is 11.6 Å². The lowest BCUT2D eigenvalue weighted by atomic mass is 10.2. The van der Waals surface area contributed by atoms with Gasteiger partial charge in [-0.2, -0.15) is 5.10 Å². The second kappa shape index (κ2) is 5.01. The molecule has 0 saturated heterocycles. The zero-order valence-electron chi connectivity index (χ0n) is 11.6. The number of aromatic nitrogens is 5. The number of rotatable bonds is 3. The van der Waals surface area contributed by atoms with Gasteiger partial charge in [-0.05, 0) is 6.92 Å². The van der Waals surface area contributed by atoms with Crippen molar-refractivity contribution in [3.05, 3.63) is 44.7 Å². The van der Waals surface area contributed by atoms with Crippen LogP contribution in [0.4, 0.5) is 0 Å². The van der Waals surface area contributed by atoms with Gasteiger partial charge in [0.2, 0.25) is 0 Å². The summed E-state index contributed by atoms with van der Waals surface area (Å²) < 4.78 is 3.18. The lowest BCUT2D eigenvalue weighted by Gasteiger charge is -2.07. The maximum atomic E-state index is 12.1. The molecular weight excluding hydrogens is 294 g/mol. The number of pyridine rings is 1. The number of aliphatic hydroxyl groups excluding tert-OH is 1. The second-order valence-corrected chi connectivity index (χ2v) is 5.26. The Morgan fingerprint density at radius 1 is 1.48 bits per heavy atom. The molecule has 3 heterocycles. The first-order valence-corrected chi connectivity index (χ1v) is 6.75. The first-order valence-electron chi connectivity index (χ1n) is 6.37. The molecule has 0 saturated carbocycles. The fourth-order valence-corrected chi connectivity index (χ4v) is 2.66. The van der Waals surface area contributed by atoms with E-state index in [1.165, 1.54) is 4.57 Å². The van der Waals surface area contributed by atoms with Gasteiger partial charge in [-0.3, -0.25) is 9.25 Å². The molecule has 0 aliphatic heterocycles. The van der Waals surface area contributed by atoms with E-state index in [-0.39, 0.29) is 12.3 Å². The maximum absolute atomic E-state index is 12.1. The van der Waals surface area contributed by atoms with Gasteiger partial charge in [-0.25, -0.2) is 9.78 Å². The molecule has 0 bridgehead atoms. The van der Waals surface area contributed by atoms with Crippen LogP contribution in [0.3, 0.4) is 0 Å². The molecule has 0 fully saturated rings. The van der Waals surface area contributed by atoms with Crippen LogP contribution in [0.5, 0.6) is 0 Å². The zero-order chi connectivity index (χ0) is 15.1. The van der Waals surface area contributed by atoms with E-state index in [9.17, 15) is 9.90 Å². The summed E-state index contributed by atoms with van der Waals surface area (Å²) in [5.74, 6) is 0. The highest BCUT2D eigenvalue weighted by Crippen LogP contribution is 2.26. The third-order valence-corrected chi connectivity index (χ3v) is 3.83. The van der Waals surface area contributed by atoms with Crippen molar-refractivity contribution in [2.24, 2.45) is 7.05 Å². The molecule has 3 rings (SSSR count). The third-order valence-electron chi connectivity index (χ3n) is 3.41. The smallest absolute Gasteiger partial charge is 0.328 e. The van der Waals surface area contributed by atoms with E-state index >= 15 is 0 Å². The molecule has 0 aliphatic carbocycles. The van der Waals surface area contributed by atoms with E-state index in [1.807, 2.05) is 13.2 Å². The van der Waals surface area contributed by atoms with Crippen LogP contribution >= 0.6 is 11.6 Å². The summed E-state index contributed by atoms with van der Waals surface area (Å²) in [4.78, 5) is 19.2. The van der Waals surface area contributed by atoms with Gasteiger partial charge in [0.25, 0.3) is 0 Å². The Morgan fingerprint density at radius 3 is 2.86 bits per heavy atom. The Balaban J connectivity index is 2.19. The average Bonchev–Trinajstić information content (AvgIpc) is 2.97. The molecule has 0 atom stereocenters. The Bertz CT molecular complexity index is 877. The predicted molar refractivity (Wildman–Crippen MR) is 78.3 cm³/mol. The van der Waals surface area contributed by atoms with E-state index in [1.54, 1.807) is 17.8 Å². The van der Waals surface area contributed by atoms with Crippen molar-refractivity contribution in [1.29, 1.82) is 0 Å². The molecule has 0 amide bonds. The minimum absolute atomic E-state index is 0.219. The molecule has 0 spiro atoms. The van der Waals surface area contributed by atoms with Crippen LogP contribution in [0, 0.1) is 6.92 Å². The molecular formula is C13H14ClN5O2. The van der Waals surface area contributed by atoms with Crippen LogP contribution in [0.2, 0.25) is 5.02 Å². The summed E-state index contributed by atoms with van der Waals surface area (Å²) in [6.45, 7) is 1.89. The van der Waals surface area contributed by atoms with Crippen LogP contribution in [-0.2, 0) is 20.2 Å². The highest BCUT2D eigenvalue weighted by atomic mass is 35.5. The van der Waals surface area contributed by atoms with Gasteiger partial charge in [0.1, 0.15) is 5.52 Å². The van der Waals surface area contributed by atoms with Crippen LogP contribution in [0.15, 0.2) is 17.2 Å². The first kappa shape index (κ1) is 13.8. The van der Waals surface area contributed by atoms with Gasteiger partial charge in [0.15, 0.2) is 5.65 Å². The van der Waals surface area contributed by atoms with E-state index < -0.39 is 0 Å². The number of imidazole rings is 1. The summed E-state index contributed by atoms with van der Waals surface area (Å²) in [7, 11) is 1.81. The minimum atomic E-state index is -0.294. The molecule has 8 heteroatoms. The van der Waals surface area contributed by atoms with Gasteiger partial charge >= 0.3 is 5.69 Å². The summed E-state index contributed by atoms with van der Waals surface area (Å²) in [5, 5.41) is 13.8. The van der Waals surface area contributed by atoms with Crippen molar-refractivity contribution in [2.45, 2.75) is 20.1 Å². The quantitative estimate of drug-likeness (QED) is 0.754. The number of aryl methyl sites for hydroxylation is 2. The molecule has 0 aliphatic rings. The van der Waals surface area contributed by atoms with Gasteiger partial charge < -0.3 is 10.1 Å². The monoisotopic (exact) mass is 307 g/mol. The van der Waals surface area contributed by atoms with Gasteiger partial charge in [0, 0.05) is 30.1 Å². The largest absolute Gasteiger partial charge is 0.392 e. The van der Waals surface area contributed by atoms with E-state index in [0.29, 0.717) is 34.0 Å². The van der Waals surface area contributed by atoms with Crippen molar-refractivity contribution < 1.29 is 5.11 Å². The predicted octanol–water partition coefficient (Wildman–Crippen LogP) is 0.961. The molecule has 110 valence electrons. The molecule has 0 radical (unpaired) electrons. The van der Waals surface area contributed by atoms with Gasteiger partial charge in [-0.1, -0.05) is 11.6 Å². The fraction of sp³-hybridized carbons (Fsp3) is 0.308. The molecule has 7 nitrogen and oxygen atoms in total. The summed E-state index contributed by atoms with van der Waals surface area (Å²) >= 11 is 6.24. The number of H-pyrrole nitrogens is 1. The second-order valence-electron chi connectivity index (χ2n) is 4.89. The van der Waals surface area contributed by atoms with Crippen LogP contribution in [-0.4, -0.2) is 29.4 Å². The van der Waals surface area contributed by atoms with E-state index in [0.717, 1.165) is 5.56 Å². The van der Waals surface area contributed by atoms with Gasteiger partial charge in [0.05, 0.1) is 24.4 Å². The number of halogens is 1. The molecule has 3 aromatic rings. The maximum Gasteiger partial charge on any atom is 0.328 e. The van der Waals surface area contributed by atoms with Crippen LogP contribution < -0.4 is 5.69 Å². The fourth-order valence-electron chi connectivity index (χ4n) is 2.33. The lowest BCUT2D eigenvalue weighted by Crippen LogP contribution is -2.17. The normalized spacial score (nSPS) is 11.4. The zero-order valence-corrected chi connectivity index (χ0v) is 12.3. The van der Waals surface area contributed by atoms with Crippen molar-refractivity contribution >= 4 is 22.8 Å². The average molecular weight is 308 g/mol. The highest BCUT2D eigenvalue weighted by Gasteiger charge is 2.17. The standard InChI is InChI=1S/C13H14ClN5O2/c1-7-9(6-20)10(14)11-12(16-7)19(13(21)17-11)5-8-3-15-18(2)4-8/h3-4,20H,5-6H2,1-2H3,(H,17,21). The Kier molecular flexibility index (Phi) is 3.30. The van der Waals surface area contributed by atoms with Crippen LogP contribution in [0.1, 0.15) is 16.8 Å². The molecule has 3 aromatic heterocycles. The molecule has 2 N–H and O–H groups in total. The summed E-state index contributed by atoms with van der Waals surface area (Å²) in [6, 6.07) is 0. The Morgan fingerprint density at radius 2 is 2.24 bits per heavy atom. The third kappa shape index (κ3) is 2.24. The highest BCUT2D eigenvalue weighted by molar-refractivity contribution is 6.35. The van der Waals surface area contributed by atoms with Crippen molar-refractivity contribution in [2.75, 3.05) is 0 Å². The number of fused-ring (bicyclic) bond motifs is 1. The molecule has 21 heavy (non-hydrogen) atoms. The Hall–Kier alpha value is -2.12. The molecule has 0 aromatic carbocycles. The number of hydrogen-bond acceptors (Lipinski definition) is 4. The van der Waals surface area contributed by atoms with Crippen molar-refractivity contribution in [1.82, 2.24) is 24.3 Å². The summed E-state index contributed by atoms with van der Waals surface area (Å²) in [5.41, 5.74) is 2.65. The first-order chi connectivity index (χ1) is 10.0. The topological polar surface area (TPSA) is 88.7 Å². The number of nitrogens with zero attached hydrogens (tertiary/aromatic N) is 4. The number of hydrogen-bond donors (Lipinski definition) is 2. The van der Waals surface area contributed by atoms with E-state index in [2.05, 4.69) is 15.1 Å². The molecule has 0 unspecified atom stereocenters.